The summed E-state index contributed by atoms with van der Waals surface area (Å²) < 4.78 is 29.2. The lowest BCUT2D eigenvalue weighted by molar-refractivity contribution is -0.115. The minimum atomic E-state index is -0.818. The standard InChI is InChI=1S/C19H18F2N4OS/c1-11-7-4-5-8-13(11)17-23-24-19(25(17)3)27-12(2)18(26)22-16-14(20)9-6-10-15(16)21/h4-10,12H,1-3H3,(H,22,26)/t12-/m0/s1. The number of benzene rings is 2. The van der Waals surface area contributed by atoms with Crippen molar-refractivity contribution in [2.24, 2.45) is 7.05 Å². The number of hydrogen-bond acceptors (Lipinski definition) is 4. The maximum atomic E-state index is 13.7. The molecule has 27 heavy (non-hydrogen) atoms. The van der Waals surface area contributed by atoms with Crippen molar-refractivity contribution in [2.45, 2.75) is 24.3 Å². The van der Waals surface area contributed by atoms with E-state index in [1.165, 1.54) is 6.07 Å². The number of aryl methyl sites for hydroxylation is 1. The molecule has 0 saturated carbocycles. The molecular weight excluding hydrogens is 370 g/mol. The molecule has 5 nitrogen and oxygen atoms in total. The predicted octanol–water partition coefficient (Wildman–Crippen LogP) is 4.19. The highest BCUT2D eigenvalue weighted by Gasteiger charge is 2.21. The monoisotopic (exact) mass is 388 g/mol. The van der Waals surface area contributed by atoms with E-state index in [0.29, 0.717) is 11.0 Å². The molecule has 3 aromatic rings. The van der Waals surface area contributed by atoms with Gasteiger partial charge in [0.1, 0.15) is 17.3 Å². The Labute approximate surface area is 159 Å². The molecule has 0 radical (unpaired) electrons. The number of halogens is 2. The summed E-state index contributed by atoms with van der Waals surface area (Å²) >= 11 is 1.16. The molecule has 2 aromatic carbocycles. The molecule has 140 valence electrons. The highest BCUT2D eigenvalue weighted by atomic mass is 32.2. The molecule has 1 amide bonds. The van der Waals surface area contributed by atoms with Gasteiger partial charge in [-0.2, -0.15) is 0 Å². The topological polar surface area (TPSA) is 59.8 Å². The van der Waals surface area contributed by atoms with Crippen LogP contribution in [0.1, 0.15) is 12.5 Å². The van der Waals surface area contributed by atoms with E-state index in [4.69, 9.17) is 0 Å². The fraction of sp³-hybridized carbons (Fsp3) is 0.211. The van der Waals surface area contributed by atoms with Crippen molar-refractivity contribution in [3.05, 3.63) is 59.7 Å². The predicted molar refractivity (Wildman–Crippen MR) is 101 cm³/mol. The Morgan fingerprint density at radius 2 is 1.78 bits per heavy atom. The van der Waals surface area contributed by atoms with Gasteiger partial charge in [0.05, 0.1) is 5.25 Å². The van der Waals surface area contributed by atoms with Gasteiger partial charge in [-0.05, 0) is 31.5 Å². The van der Waals surface area contributed by atoms with Crippen LogP contribution < -0.4 is 5.32 Å². The molecule has 0 unspecified atom stereocenters. The Kier molecular flexibility index (Phi) is 5.55. The molecule has 0 fully saturated rings. The lowest BCUT2D eigenvalue weighted by atomic mass is 10.1. The van der Waals surface area contributed by atoms with E-state index in [1.807, 2.05) is 38.2 Å². The number of carbonyl (C=O) groups excluding carboxylic acids is 1. The third kappa shape index (κ3) is 4.00. The molecule has 0 bridgehead atoms. The number of amides is 1. The second kappa shape index (κ2) is 7.87. The molecule has 0 aliphatic rings. The van der Waals surface area contributed by atoms with E-state index in [-0.39, 0.29) is 0 Å². The van der Waals surface area contributed by atoms with Gasteiger partial charge in [-0.1, -0.05) is 42.1 Å². The zero-order chi connectivity index (χ0) is 19.6. The number of para-hydroxylation sites is 1. The highest BCUT2D eigenvalue weighted by molar-refractivity contribution is 8.00. The number of aromatic nitrogens is 3. The van der Waals surface area contributed by atoms with Crippen molar-refractivity contribution in [1.29, 1.82) is 0 Å². The van der Waals surface area contributed by atoms with Gasteiger partial charge in [0.2, 0.25) is 5.91 Å². The van der Waals surface area contributed by atoms with Gasteiger partial charge in [-0.25, -0.2) is 8.78 Å². The number of nitrogens with one attached hydrogen (secondary N) is 1. The molecule has 8 heteroatoms. The summed E-state index contributed by atoms with van der Waals surface area (Å²) in [6.45, 7) is 3.62. The zero-order valence-corrected chi connectivity index (χ0v) is 15.8. The van der Waals surface area contributed by atoms with E-state index in [1.54, 1.807) is 11.5 Å². The molecule has 1 N–H and O–H groups in total. The minimum Gasteiger partial charge on any atom is -0.320 e. The van der Waals surface area contributed by atoms with E-state index in [9.17, 15) is 13.6 Å². The molecule has 0 aliphatic carbocycles. The molecule has 0 saturated heterocycles. The van der Waals surface area contributed by atoms with Gasteiger partial charge in [0, 0.05) is 12.6 Å². The van der Waals surface area contributed by atoms with E-state index in [0.717, 1.165) is 35.0 Å². The Balaban J connectivity index is 1.76. The van der Waals surface area contributed by atoms with E-state index in [2.05, 4.69) is 15.5 Å². The lowest BCUT2D eigenvalue weighted by Gasteiger charge is -2.13. The Bertz CT molecular complexity index is 969. The molecule has 1 atom stereocenters. The summed E-state index contributed by atoms with van der Waals surface area (Å²) in [4.78, 5) is 12.3. The lowest BCUT2D eigenvalue weighted by Crippen LogP contribution is -2.24. The van der Waals surface area contributed by atoms with Crippen molar-refractivity contribution in [2.75, 3.05) is 5.32 Å². The van der Waals surface area contributed by atoms with Crippen LogP contribution in [0.25, 0.3) is 11.4 Å². The first-order valence-electron chi connectivity index (χ1n) is 8.25. The van der Waals surface area contributed by atoms with Crippen LogP contribution in [0.2, 0.25) is 0 Å². The highest BCUT2D eigenvalue weighted by Crippen LogP contribution is 2.28. The van der Waals surface area contributed by atoms with Gasteiger partial charge in [0.15, 0.2) is 11.0 Å². The average molecular weight is 388 g/mol. The van der Waals surface area contributed by atoms with Crippen molar-refractivity contribution in [3.8, 4) is 11.4 Å². The molecular formula is C19H18F2N4OS. The first-order valence-corrected chi connectivity index (χ1v) is 9.13. The van der Waals surface area contributed by atoms with Crippen molar-refractivity contribution >= 4 is 23.4 Å². The van der Waals surface area contributed by atoms with Gasteiger partial charge in [-0.15, -0.1) is 10.2 Å². The number of rotatable bonds is 5. The molecule has 3 rings (SSSR count). The number of carbonyl (C=O) groups is 1. The van der Waals surface area contributed by atoms with Crippen molar-refractivity contribution < 1.29 is 13.6 Å². The van der Waals surface area contributed by atoms with Gasteiger partial charge < -0.3 is 9.88 Å². The first-order chi connectivity index (χ1) is 12.9. The Morgan fingerprint density at radius 3 is 2.44 bits per heavy atom. The molecule has 1 heterocycles. The van der Waals surface area contributed by atoms with E-state index < -0.39 is 28.5 Å². The number of nitrogens with zero attached hydrogens (tertiary/aromatic N) is 3. The molecule has 0 spiro atoms. The number of anilines is 1. The van der Waals surface area contributed by atoms with Crippen LogP contribution in [0.3, 0.4) is 0 Å². The van der Waals surface area contributed by atoms with Crippen LogP contribution >= 0.6 is 11.8 Å². The quantitative estimate of drug-likeness (QED) is 0.666. The maximum absolute atomic E-state index is 13.7. The SMILES string of the molecule is Cc1ccccc1-c1nnc(S[C@@H](C)C(=O)Nc2c(F)cccc2F)n1C. The maximum Gasteiger partial charge on any atom is 0.237 e. The second-order valence-electron chi connectivity index (χ2n) is 6.03. The van der Waals surface area contributed by atoms with Crippen LogP contribution in [-0.2, 0) is 11.8 Å². The Morgan fingerprint density at radius 1 is 1.11 bits per heavy atom. The Hall–Kier alpha value is -2.74. The van der Waals surface area contributed by atoms with Gasteiger partial charge in [-0.3, -0.25) is 4.79 Å². The third-order valence-corrected chi connectivity index (χ3v) is 5.22. The summed E-state index contributed by atoms with van der Waals surface area (Å²) in [5.41, 5.74) is 1.56. The van der Waals surface area contributed by atoms with Crippen LogP contribution in [0.4, 0.5) is 14.5 Å². The number of hydrogen-bond donors (Lipinski definition) is 1. The molecule has 1 aromatic heterocycles. The number of thioether (sulfide) groups is 1. The zero-order valence-electron chi connectivity index (χ0n) is 15.0. The summed E-state index contributed by atoms with van der Waals surface area (Å²) in [6.07, 6.45) is 0. The largest absolute Gasteiger partial charge is 0.320 e. The van der Waals surface area contributed by atoms with Crippen LogP contribution in [0.5, 0.6) is 0 Å². The van der Waals surface area contributed by atoms with Gasteiger partial charge in [0.25, 0.3) is 0 Å². The summed E-state index contributed by atoms with van der Waals surface area (Å²) in [6, 6.07) is 11.2. The van der Waals surface area contributed by atoms with Crippen molar-refractivity contribution in [1.82, 2.24) is 14.8 Å². The second-order valence-corrected chi connectivity index (χ2v) is 7.33. The van der Waals surface area contributed by atoms with Gasteiger partial charge >= 0.3 is 0 Å². The average Bonchev–Trinajstić information content (AvgIpc) is 2.99. The third-order valence-electron chi connectivity index (χ3n) is 4.08. The van der Waals surface area contributed by atoms with Crippen LogP contribution in [0, 0.1) is 18.6 Å². The van der Waals surface area contributed by atoms with Crippen molar-refractivity contribution in [3.63, 3.8) is 0 Å². The van der Waals surface area contributed by atoms with Crippen LogP contribution in [-0.4, -0.2) is 25.9 Å². The summed E-state index contributed by atoms with van der Waals surface area (Å²) in [5.74, 6) is -1.48. The summed E-state index contributed by atoms with van der Waals surface area (Å²) in [7, 11) is 1.81. The fourth-order valence-electron chi connectivity index (χ4n) is 2.53. The van der Waals surface area contributed by atoms with Crippen LogP contribution in [0.15, 0.2) is 47.6 Å². The van der Waals surface area contributed by atoms with E-state index >= 15 is 0 Å². The normalized spacial score (nSPS) is 12.0. The first kappa shape index (κ1) is 19.0. The smallest absolute Gasteiger partial charge is 0.237 e. The molecule has 0 aliphatic heterocycles. The summed E-state index contributed by atoms with van der Waals surface area (Å²) in [5, 5.41) is 10.6. The minimum absolute atomic E-state index is 0.450. The fourth-order valence-corrected chi connectivity index (χ4v) is 3.34.